The van der Waals surface area contributed by atoms with Crippen molar-refractivity contribution < 1.29 is 24.2 Å². The number of piperazine rings is 1. The minimum absolute atomic E-state index is 0.0328. The first-order valence-corrected chi connectivity index (χ1v) is 6.09. The molecule has 0 aliphatic carbocycles. The van der Waals surface area contributed by atoms with Gasteiger partial charge in [-0.3, -0.25) is 14.5 Å². The van der Waals surface area contributed by atoms with E-state index in [9.17, 15) is 9.59 Å². The fourth-order valence-electron chi connectivity index (χ4n) is 2.15. The first-order valence-electron chi connectivity index (χ1n) is 6.09. The van der Waals surface area contributed by atoms with Crippen LogP contribution in [0.2, 0.25) is 0 Å². The molecular formula is C11H18N2O5. The molecule has 2 heterocycles. The van der Waals surface area contributed by atoms with Gasteiger partial charge in [0.05, 0.1) is 26.4 Å². The third-order valence-electron chi connectivity index (χ3n) is 3.13. The lowest BCUT2D eigenvalue weighted by Crippen LogP contribution is -2.54. The van der Waals surface area contributed by atoms with E-state index in [1.54, 1.807) is 4.90 Å². The molecule has 1 amide bonds. The number of hydrogen-bond acceptors (Lipinski definition) is 5. The normalized spacial score (nSPS) is 26.0. The average molecular weight is 258 g/mol. The second-order valence-corrected chi connectivity index (χ2v) is 4.43. The predicted molar refractivity (Wildman–Crippen MR) is 61.2 cm³/mol. The van der Waals surface area contributed by atoms with Gasteiger partial charge in [-0.1, -0.05) is 0 Å². The summed E-state index contributed by atoms with van der Waals surface area (Å²) in [5, 5.41) is 8.69. The van der Waals surface area contributed by atoms with Crippen LogP contribution in [0.3, 0.4) is 0 Å². The summed E-state index contributed by atoms with van der Waals surface area (Å²) in [4.78, 5) is 26.2. The van der Waals surface area contributed by atoms with Gasteiger partial charge >= 0.3 is 5.97 Å². The number of carboxylic acid groups (broad SMARTS) is 1. The fraction of sp³-hybridized carbons (Fsp3) is 0.818. The summed E-state index contributed by atoms with van der Waals surface area (Å²) in [6.45, 7) is 3.61. The zero-order valence-electron chi connectivity index (χ0n) is 10.2. The van der Waals surface area contributed by atoms with Crippen LogP contribution in [0, 0.1) is 0 Å². The Morgan fingerprint density at radius 1 is 1.17 bits per heavy atom. The van der Waals surface area contributed by atoms with Crippen molar-refractivity contribution in [2.24, 2.45) is 0 Å². The molecule has 0 aromatic carbocycles. The van der Waals surface area contributed by atoms with E-state index in [0.29, 0.717) is 46.0 Å². The highest BCUT2D eigenvalue weighted by atomic mass is 16.6. The smallest absolute Gasteiger partial charge is 0.317 e. The lowest BCUT2D eigenvalue weighted by atomic mass is 10.2. The van der Waals surface area contributed by atoms with Gasteiger partial charge in [-0.05, 0) is 0 Å². The van der Waals surface area contributed by atoms with E-state index in [1.165, 1.54) is 0 Å². The molecule has 2 saturated heterocycles. The summed E-state index contributed by atoms with van der Waals surface area (Å²) in [7, 11) is 0. The average Bonchev–Trinajstić information content (AvgIpc) is 2.39. The summed E-state index contributed by atoms with van der Waals surface area (Å²) >= 11 is 0. The molecule has 0 radical (unpaired) electrons. The molecular weight excluding hydrogens is 240 g/mol. The number of nitrogens with zero attached hydrogens (tertiary/aromatic N) is 2. The van der Waals surface area contributed by atoms with Crippen LogP contribution in [0.4, 0.5) is 0 Å². The molecule has 1 atom stereocenters. The molecule has 0 aromatic rings. The molecule has 102 valence electrons. The molecule has 0 aromatic heterocycles. The van der Waals surface area contributed by atoms with Crippen molar-refractivity contribution in [2.75, 3.05) is 52.5 Å². The highest BCUT2D eigenvalue weighted by Crippen LogP contribution is 2.08. The Bertz CT molecular complexity index is 309. The van der Waals surface area contributed by atoms with Gasteiger partial charge in [0, 0.05) is 26.2 Å². The van der Waals surface area contributed by atoms with Crippen LogP contribution in [-0.4, -0.2) is 85.4 Å². The molecule has 1 N–H and O–H groups in total. The van der Waals surface area contributed by atoms with Crippen molar-refractivity contribution in [2.45, 2.75) is 6.10 Å². The number of carbonyl (C=O) groups excluding carboxylic acids is 1. The summed E-state index contributed by atoms with van der Waals surface area (Å²) in [5.41, 5.74) is 0. The van der Waals surface area contributed by atoms with E-state index >= 15 is 0 Å². The molecule has 7 heteroatoms. The summed E-state index contributed by atoms with van der Waals surface area (Å²) in [6.07, 6.45) is -0.496. The zero-order chi connectivity index (χ0) is 13.0. The Balaban J connectivity index is 1.78. The number of rotatable bonds is 3. The van der Waals surface area contributed by atoms with Gasteiger partial charge < -0.3 is 19.5 Å². The molecule has 0 bridgehead atoms. The van der Waals surface area contributed by atoms with Gasteiger partial charge in [-0.2, -0.15) is 0 Å². The van der Waals surface area contributed by atoms with Crippen LogP contribution in [0.5, 0.6) is 0 Å². The Labute approximate surface area is 105 Å². The van der Waals surface area contributed by atoms with Crippen LogP contribution in [0.25, 0.3) is 0 Å². The minimum atomic E-state index is -0.834. The first-order chi connectivity index (χ1) is 8.66. The lowest BCUT2D eigenvalue weighted by molar-refractivity contribution is -0.159. The van der Waals surface area contributed by atoms with Crippen LogP contribution < -0.4 is 0 Å². The van der Waals surface area contributed by atoms with E-state index in [0.717, 1.165) is 0 Å². The van der Waals surface area contributed by atoms with E-state index in [2.05, 4.69) is 0 Å². The van der Waals surface area contributed by atoms with E-state index in [-0.39, 0.29) is 12.5 Å². The van der Waals surface area contributed by atoms with Gasteiger partial charge in [0.2, 0.25) is 0 Å². The molecule has 7 nitrogen and oxygen atoms in total. The SMILES string of the molecule is O=C(O)CN1CCN(C(=O)C2COCCO2)CC1. The summed E-state index contributed by atoms with van der Waals surface area (Å²) in [5.74, 6) is -0.886. The second kappa shape index (κ2) is 6.12. The first kappa shape index (κ1) is 13.3. The van der Waals surface area contributed by atoms with Crippen molar-refractivity contribution >= 4 is 11.9 Å². The van der Waals surface area contributed by atoms with E-state index in [1.807, 2.05) is 4.90 Å². The number of carboxylic acids is 1. The largest absolute Gasteiger partial charge is 0.480 e. The molecule has 2 aliphatic heterocycles. The summed E-state index contributed by atoms with van der Waals surface area (Å²) in [6, 6.07) is 0. The van der Waals surface area contributed by atoms with Crippen LogP contribution in [0.1, 0.15) is 0 Å². The van der Waals surface area contributed by atoms with Gasteiger partial charge in [0.1, 0.15) is 0 Å². The summed E-state index contributed by atoms with van der Waals surface area (Å²) < 4.78 is 10.6. The number of amides is 1. The standard InChI is InChI=1S/C11H18N2O5/c14-10(15)7-12-1-3-13(4-2-12)11(16)9-8-17-5-6-18-9/h9H,1-8H2,(H,14,15). The maximum atomic E-state index is 12.1. The van der Waals surface area contributed by atoms with Crippen molar-refractivity contribution in [3.8, 4) is 0 Å². The predicted octanol–water partition coefficient (Wildman–Crippen LogP) is -1.37. The van der Waals surface area contributed by atoms with E-state index < -0.39 is 12.1 Å². The van der Waals surface area contributed by atoms with Crippen molar-refractivity contribution in [1.29, 1.82) is 0 Å². The third kappa shape index (κ3) is 3.41. The fourth-order valence-corrected chi connectivity index (χ4v) is 2.15. The quantitative estimate of drug-likeness (QED) is 0.673. The number of carbonyl (C=O) groups is 2. The number of ether oxygens (including phenoxy) is 2. The maximum Gasteiger partial charge on any atom is 0.317 e. The third-order valence-corrected chi connectivity index (χ3v) is 3.13. The molecule has 2 aliphatic rings. The van der Waals surface area contributed by atoms with Crippen LogP contribution in [-0.2, 0) is 19.1 Å². The molecule has 18 heavy (non-hydrogen) atoms. The minimum Gasteiger partial charge on any atom is -0.480 e. The molecule has 0 spiro atoms. The molecule has 2 rings (SSSR count). The van der Waals surface area contributed by atoms with Crippen LogP contribution in [0.15, 0.2) is 0 Å². The van der Waals surface area contributed by atoms with Gasteiger partial charge in [0.25, 0.3) is 5.91 Å². The topological polar surface area (TPSA) is 79.3 Å². The molecule has 1 unspecified atom stereocenters. The Morgan fingerprint density at radius 3 is 2.44 bits per heavy atom. The highest BCUT2D eigenvalue weighted by molar-refractivity contribution is 5.81. The van der Waals surface area contributed by atoms with Gasteiger partial charge in [-0.15, -0.1) is 0 Å². The number of hydrogen-bond donors (Lipinski definition) is 1. The van der Waals surface area contributed by atoms with Crippen molar-refractivity contribution in [3.63, 3.8) is 0 Å². The van der Waals surface area contributed by atoms with Crippen molar-refractivity contribution in [3.05, 3.63) is 0 Å². The molecule has 2 fully saturated rings. The Morgan fingerprint density at radius 2 is 1.89 bits per heavy atom. The second-order valence-electron chi connectivity index (χ2n) is 4.43. The van der Waals surface area contributed by atoms with Gasteiger partial charge in [-0.25, -0.2) is 0 Å². The number of aliphatic carboxylic acids is 1. The lowest BCUT2D eigenvalue weighted by Gasteiger charge is -2.36. The highest BCUT2D eigenvalue weighted by Gasteiger charge is 2.30. The maximum absolute atomic E-state index is 12.1. The molecule has 0 saturated carbocycles. The van der Waals surface area contributed by atoms with Gasteiger partial charge in [0.15, 0.2) is 6.10 Å². The van der Waals surface area contributed by atoms with Crippen LogP contribution >= 0.6 is 0 Å². The zero-order valence-corrected chi connectivity index (χ0v) is 10.2. The van der Waals surface area contributed by atoms with E-state index in [4.69, 9.17) is 14.6 Å². The monoisotopic (exact) mass is 258 g/mol. The Hall–Kier alpha value is -1.18. The van der Waals surface area contributed by atoms with Crippen molar-refractivity contribution in [1.82, 2.24) is 9.80 Å². The Kier molecular flexibility index (Phi) is 4.51.